The van der Waals surface area contributed by atoms with Crippen molar-refractivity contribution < 1.29 is 9.90 Å². The van der Waals surface area contributed by atoms with E-state index in [0.29, 0.717) is 28.2 Å². The third kappa shape index (κ3) is 4.47. The van der Waals surface area contributed by atoms with Gasteiger partial charge in [-0.2, -0.15) is 0 Å². The average molecular weight is 296 g/mol. The van der Waals surface area contributed by atoms with Crippen molar-refractivity contribution in [1.82, 2.24) is 5.32 Å². The molecule has 2 N–H and O–H groups in total. The number of carbonyl (C=O) groups is 1. The van der Waals surface area contributed by atoms with Crippen molar-refractivity contribution in [2.24, 2.45) is 5.41 Å². The van der Waals surface area contributed by atoms with E-state index in [1.165, 1.54) is 11.3 Å². The van der Waals surface area contributed by atoms with Gasteiger partial charge in [0.05, 0.1) is 14.1 Å². The molecule has 0 bridgehead atoms. The van der Waals surface area contributed by atoms with Crippen LogP contribution < -0.4 is 5.32 Å². The number of aliphatic carboxylic acids is 1. The van der Waals surface area contributed by atoms with Gasteiger partial charge in [0.15, 0.2) is 0 Å². The molecule has 0 atom stereocenters. The summed E-state index contributed by atoms with van der Waals surface area (Å²) in [7, 11) is 0. The minimum Gasteiger partial charge on any atom is -0.481 e. The normalized spacial score (nSPS) is 11.8. The van der Waals surface area contributed by atoms with Crippen LogP contribution in [0, 0.1) is 5.41 Å². The zero-order valence-electron chi connectivity index (χ0n) is 9.72. The van der Waals surface area contributed by atoms with Crippen molar-refractivity contribution in [2.45, 2.75) is 26.8 Å². The van der Waals surface area contributed by atoms with Crippen LogP contribution in [0.25, 0.3) is 0 Å². The lowest BCUT2D eigenvalue weighted by atomic mass is 9.90. The van der Waals surface area contributed by atoms with E-state index < -0.39 is 11.4 Å². The highest BCUT2D eigenvalue weighted by Crippen LogP contribution is 2.31. The van der Waals surface area contributed by atoms with Gasteiger partial charge in [-0.25, -0.2) is 0 Å². The minimum absolute atomic E-state index is 0.567. The summed E-state index contributed by atoms with van der Waals surface area (Å²) in [5.74, 6) is -0.782. The number of thiophene rings is 1. The zero-order valence-corrected chi connectivity index (χ0v) is 12.0. The lowest BCUT2D eigenvalue weighted by Crippen LogP contribution is -2.28. The van der Waals surface area contributed by atoms with Gasteiger partial charge in [0.1, 0.15) is 0 Å². The molecule has 0 spiro atoms. The second kappa shape index (κ2) is 6.05. The van der Waals surface area contributed by atoms with Gasteiger partial charge in [-0.3, -0.25) is 4.79 Å². The molecule has 0 amide bonds. The van der Waals surface area contributed by atoms with Crippen LogP contribution in [-0.2, 0) is 11.3 Å². The first-order valence-corrected chi connectivity index (χ1v) is 6.78. The standard InChI is InChI=1S/C11H15Cl2NO2S/c1-11(2,10(15)16)3-4-14-6-7-5-8(12)17-9(7)13/h5,14H,3-4,6H2,1-2H3,(H,15,16). The highest BCUT2D eigenvalue weighted by molar-refractivity contribution is 7.20. The quantitative estimate of drug-likeness (QED) is 0.788. The highest BCUT2D eigenvalue weighted by atomic mass is 35.5. The summed E-state index contributed by atoms with van der Waals surface area (Å²) in [6.07, 6.45) is 0.567. The van der Waals surface area contributed by atoms with Crippen molar-refractivity contribution >= 4 is 40.5 Å². The van der Waals surface area contributed by atoms with E-state index in [1.54, 1.807) is 13.8 Å². The fourth-order valence-electron chi connectivity index (χ4n) is 1.23. The number of rotatable bonds is 6. The SMILES string of the molecule is CC(C)(CCNCc1cc(Cl)sc1Cl)C(=O)O. The van der Waals surface area contributed by atoms with Crippen molar-refractivity contribution in [3.63, 3.8) is 0 Å². The summed E-state index contributed by atoms with van der Waals surface area (Å²) in [5.41, 5.74) is 0.248. The Balaban J connectivity index is 2.34. The summed E-state index contributed by atoms with van der Waals surface area (Å²) in [6, 6.07) is 1.82. The fourth-order valence-corrected chi connectivity index (χ4v) is 2.71. The summed E-state index contributed by atoms with van der Waals surface area (Å²) >= 11 is 13.1. The minimum atomic E-state index is -0.782. The Bertz CT molecular complexity index is 404. The fraction of sp³-hybridized carbons (Fsp3) is 0.545. The van der Waals surface area contributed by atoms with Gasteiger partial charge in [-0.15, -0.1) is 11.3 Å². The summed E-state index contributed by atoms with van der Waals surface area (Å²) in [4.78, 5) is 10.9. The number of nitrogens with one attached hydrogen (secondary N) is 1. The van der Waals surface area contributed by atoms with Gasteiger partial charge in [-0.05, 0) is 38.4 Å². The van der Waals surface area contributed by atoms with Crippen LogP contribution in [0.1, 0.15) is 25.8 Å². The first-order valence-electron chi connectivity index (χ1n) is 5.21. The maximum Gasteiger partial charge on any atom is 0.309 e. The predicted octanol–water partition coefficient (Wildman–Crippen LogP) is 3.65. The molecule has 0 aromatic carbocycles. The van der Waals surface area contributed by atoms with E-state index in [1.807, 2.05) is 6.07 Å². The first-order chi connectivity index (χ1) is 7.83. The van der Waals surface area contributed by atoms with Crippen molar-refractivity contribution in [2.75, 3.05) is 6.54 Å². The second-order valence-corrected chi connectivity index (χ2v) is 6.75. The van der Waals surface area contributed by atoms with Gasteiger partial charge in [0.2, 0.25) is 0 Å². The molecule has 3 nitrogen and oxygen atoms in total. The number of halogens is 2. The zero-order chi connectivity index (χ0) is 13.1. The van der Waals surface area contributed by atoms with Crippen LogP contribution in [-0.4, -0.2) is 17.6 Å². The highest BCUT2D eigenvalue weighted by Gasteiger charge is 2.26. The largest absolute Gasteiger partial charge is 0.481 e. The van der Waals surface area contributed by atoms with Gasteiger partial charge >= 0.3 is 5.97 Å². The molecule has 0 aliphatic heterocycles. The van der Waals surface area contributed by atoms with E-state index in [9.17, 15) is 4.79 Å². The third-order valence-corrected chi connectivity index (χ3v) is 4.12. The number of carboxylic acid groups (broad SMARTS) is 1. The first kappa shape index (κ1) is 14.8. The maximum absolute atomic E-state index is 10.9. The van der Waals surface area contributed by atoms with Gasteiger partial charge < -0.3 is 10.4 Å². The molecule has 96 valence electrons. The number of hydrogen-bond acceptors (Lipinski definition) is 3. The molecule has 1 heterocycles. The van der Waals surface area contributed by atoms with Gasteiger partial charge in [-0.1, -0.05) is 23.2 Å². The molecular formula is C11H15Cl2NO2S. The Morgan fingerprint density at radius 2 is 2.18 bits per heavy atom. The topological polar surface area (TPSA) is 49.3 Å². The van der Waals surface area contributed by atoms with Crippen molar-refractivity contribution in [3.8, 4) is 0 Å². The Labute approximate surface area is 115 Å². The number of hydrogen-bond donors (Lipinski definition) is 2. The Kier molecular flexibility index (Phi) is 5.25. The van der Waals surface area contributed by atoms with Crippen LogP contribution in [0.5, 0.6) is 0 Å². The Morgan fingerprint density at radius 3 is 2.65 bits per heavy atom. The molecule has 6 heteroatoms. The summed E-state index contributed by atoms with van der Waals surface area (Å²) in [6.45, 7) is 4.66. The average Bonchev–Trinajstić information content (AvgIpc) is 2.52. The lowest BCUT2D eigenvalue weighted by Gasteiger charge is -2.18. The monoisotopic (exact) mass is 295 g/mol. The predicted molar refractivity (Wildman–Crippen MR) is 72.1 cm³/mol. The van der Waals surface area contributed by atoms with E-state index in [4.69, 9.17) is 28.3 Å². The Morgan fingerprint density at radius 1 is 1.53 bits per heavy atom. The van der Waals surface area contributed by atoms with Crippen LogP contribution in [0.15, 0.2) is 6.07 Å². The maximum atomic E-state index is 10.9. The summed E-state index contributed by atoms with van der Waals surface area (Å²) < 4.78 is 1.35. The van der Waals surface area contributed by atoms with Gasteiger partial charge in [0.25, 0.3) is 0 Å². The molecule has 0 aliphatic rings. The lowest BCUT2D eigenvalue weighted by molar-refractivity contribution is -0.147. The van der Waals surface area contributed by atoms with E-state index >= 15 is 0 Å². The molecule has 1 aromatic heterocycles. The molecule has 0 saturated carbocycles. The van der Waals surface area contributed by atoms with Crippen molar-refractivity contribution in [3.05, 3.63) is 20.3 Å². The molecule has 0 radical (unpaired) electrons. The van der Waals surface area contributed by atoms with Crippen LogP contribution in [0.4, 0.5) is 0 Å². The molecule has 0 unspecified atom stereocenters. The smallest absolute Gasteiger partial charge is 0.309 e. The van der Waals surface area contributed by atoms with Crippen LogP contribution in [0.3, 0.4) is 0 Å². The molecular weight excluding hydrogens is 281 g/mol. The molecule has 0 aliphatic carbocycles. The summed E-state index contributed by atoms with van der Waals surface area (Å²) in [5, 5.41) is 12.1. The van der Waals surface area contributed by atoms with E-state index in [2.05, 4.69) is 5.32 Å². The van der Waals surface area contributed by atoms with E-state index in [-0.39, 0.29) is 0 Å². The molecule has 1 aromatic rings. The molecule has 1 rings (SSSR count). The van der Waals surface area contributed by atoms with E-state index in [0.717, 1.165) is 5.56 Å². The second-order valence-electron chi connectivity index (χ2n) is 4.47. The number of carboxylic acids is 1. The molecule has 0 fully saturated rings. The Hall–Kier alpha value is -0.290. The van der Waals surface area contributed by atoms with Gasteiger partial charge in [0, 0.05) is 6.54 Å². The molecule has 0 saturated heterocycles. The molecule has 17 heavy (non-hydrogen) atoms. The van der Waals surface area contributed by atoms with Crippen LogP contribution >= 0.6 is 34.5 Å². The van der Waals surface area contributed by atoms with Crippen LogP contribution in [0.2, 0.25) is 8.67 Å². The third-order valence-electron chi connectivity index (χ3n) is 2.55. The van der Waals surface area contributed by atoms with Crippen molar-refractivity contribution in [1.29, 1.82) is 0 Å².